The van der Waals surface area contributed by atoms with Crippen molar-refractivity contribution in [2.45, 2.75) is 20.8 Å². The van der Waals surface area contributed by atoms with Gasteiger partial charge in [0.15, 0.2) is 0 Å². The van der Waals surface area contributed by atoms with Crippen LogP contribution in [0.25, 0.3) is 0 Å². The number of carbonyl (C=O) groups is 2. The van der Waals surface area contributed by atoms with Crippen molar-refractivity contribution >= 4 is 11.9 Å². The summed E-state index contributed by atoms with van der Waals surface area (Å²) in [6.45, 7) is 4.36. The normalized spacial score (nSPS) is 10.9. The predicted molar refractivity (Wildman–Crippen MR) is 37.6 cm³/mol. The Balaban J connectivity index is -0.000000605. The summed E-state index contributed by atoms with van der Waals surface area (Å²) in [5, 5.41) is 20.7. The standard InChI is InChI=1S/C8H12O4.2Na/c1-4(2)6(8(11)12)5(3)7(9)10;;/h4H,1-3H3,(H,9,10)(H,11,12);;/q;2*+1/p-2. The van der Waals surface area contributed by atoms with Crippen molar-refractivity contribution in [2.75, 3.05) is 0 Å². The molecule has 0 atom stereocenters. The van der Waals surface area contributed by atoms with E-state index < -0.39 is 11.9 Å². The van der Waals surface area contributed by atoms with E-state index in [-0.39, 0.29) is 76.2 Å². The summed E-state index contributed by atoms with van der Waals surface area (Å²) in [5.41, 5.74) is -0.486. The zero-order chi connectivity index (χ0) is 9.89. The Kier molecular flexibility index (Phi) is 12.9. The Labute approximate surface area is 127 Å². The summed E-state index contributed by atoms with van der Waals surface area (Å²) < 4.78 is 0. The van der Waals surface area contributed by atoms with Crippen molar-refractivity contribution in [3.63, 3.8) is 0 Å². The zero-order valence-corrected chi connectivity index (χ0v) is 13.2. The second-order valence-electron chi connectivity index (χ2n) is 2.77. The minimum atomic E-state index is -1.47. The smallest absolute Gasteiger partial charge is 0.545 e. The fourth-order valence-corrected chi connectivity index (χ4v) is 0.932. The number of carbonyl (C=O) groups excluding carboxylic acids is 2. The minimum absolute atomic E-state index is 0. The van der Waals surface area contributed by atoms with Crippen molar-refractivity contribution in [3.05, 3.63) is 11.1 Å². The number of hydrogen-bond donors (Lipinski definition) is 0. The van der Waals surface area contributed by atoms with Gasteiger partial charge in [-0.3, -0.25) is 0 Å². The maximum Gasteiger partial charge on any atom is 1.00 e. The Bertz CT molecular complexity index is 246. The van der Waals surface area contributed by atoms with E-state index in [1.807, 2.05) is 0 Å². The number of hydrogen-bond acceptors (Lipinski definition) is 4. The van der Waals surface area contributed by atoms with Crippen LogP contribution in [0, 0.1) is 5.92 Å². The number of carboxylic acids is 2. The van der Waals surface area contributed by atoms with Gasteiger partial charge in [0.1, 0.15) is 0 Å². The van der Waals surface area contributed by atoms with Crippen molar-refractivity contribution in [1.82, 2.24) is 0 Å². The molecule has 0 N–H and O–H groups in total. The molecule has 0 heterocycles. The van der Waals surface area contributed by atoms with E-state index in [0.29, 0.717) is 0 Å². The summed E-state index contributed by atoms with van der Waals surface area (Å²) in [6, 6.07) is 0. The van der Waals surface area contributed by atoms with Gasteiger partial charge in [-0.1, -0.05) is 13.8 Å². The van der Waals surface area contributed by atoms with E-state index in [0.717, 1.165) is 0 Å². The molecule has 14 heavy (non-hydrogen) atoms. The van der Waals surface area contributed by atoms with E-state index in [4.69, 9.17) is 0 Å². The van der Waals surface area contributed by atoms with Crippen LogP contribution in [0.5, 0.6) is 0 Å². The van der Waals surface area contributed by atoms with Crippen molar-refractivity contribution < 1.29 is 78.9 Å². The molecule has 68 valence electrons. The van der Waals surface area contributed by atoms with Gasteiger partial charge in [-0.2, -0.15) is 0 Å². The largest absolute Gasteiger partial charge is 1.00 e. The average Bonchev–Trinajstić information content (AvgIpc) is 1.85. The Hall–Kier alpha value is 0.680. The summed E-state index contributed by atoms with van der Waals surface area (Å²) in [6.07, 6.45) is 0. The van der Waals surface area contributed by atoms with Gasteiger partial charge in [0.25, 0.3) is 0 Å². The first kappa shape index (κ1) is 20.1. The van der Waals surface area contributed by atoms with Crippen LogP contribution in [-0.2, 0) is 9.59 Å². The first-order valence-corrected chi connectivity index (χ1v) is 3.51. The molecule has 0 rings (SSSR count). The molecule has 0 aromatic heterocycles. The van der Waals surface area contributed by atoms with Crippen molar-refractivity contribution in [2.24, 2.45) is 5.92 Å². The molecule has 0 aliphatic carbocycles. The molecule has 0 aromatic carbocycles. The second-order valence-corrected chi connectivity index (χ2v) is 2.77. The zero-order valence-electron chi connectivity index (χ0n) is 9.21. The molecular formula is C8H10Na2O4. The van der Waals surface area contributed by atoms with E-state index in [1.54, 1.807) is 13.8 Å². The molecule has 0 amide bonds. The van der Waals surface area contributed by atoms with Crippen LogP contribution in [0.3, 0.4) is 0 Å². The van der Waals surface area contributed by atoms with Crippen LogP contribution >= 0.6 is 0 Å². The minimum Gasteiger partial charge on any atom is -0.545 e. The molecule has 0 bridgehead atoms. The van der Waals surface area contributed by atoms with Gasteiger partial charge in [-0.15, -0.1) is 0 Å². The maximum absolute atomic E-state index is 10.4. The molecule has 4 nitrogen and oxygen atoms in total. The third-order valence-corrected chi connectivity index (χ3v) is 1.51. The molecule has 0 saturated heterocycles. The average molecular weight is 216 g/mol. The first-order chi connectivity index (χ1) is 5.37. The monoisotopic (exact) mass is 216 g/mol. The van der Waals surface area contributed by atoms with E-state index >= 15 is 0 Å². The van der Waals surface area contributed by atoms with Crippen LogP contribution in [0.1, 0.15) is 20.8 Å². The van der Waals surface area contributed by atoms with Crippen LogP contribution < -0.4 is 69.3 Å². The summed E-state index contributed by atoms with van der Waals surface area (Å²) >= 11 is 0. The molecule has 0 unspecified atom stereocenters. The summed E-state index contributed by atoms with van der Waals surface area (Å²) in [5.74, 6) is -3.30. The van der Waals surface area contributed by atoms with E-state index in [2.05, 4.69) is 0 Å². The molecule has 0 saturated carbocycles. The second kappa shape index (κ2) is 8.95. The summed E-state index contributed by atoms with van der Waals surface area (Å²) in [4.78, 5) is 20.7. The van der Waals surface area contributed by atoms with Gasteiger partial charge < -0.3 is 19.8 Å². The van der Waals surface area contributed by atoms with Gasteiger partial charge in [0.05, 0.1) is 11.9 Å². The molecule has 0 aliphatic rings. The van der Waals surface area contributed by atoms with Crippen molar-refractivity contribution in [1.29, 1.82) is 0 Å². The van der Waals surface area contributed by atoms with E-state index in [1.165, 1.54) is 6.92 Å². The van der Waals surface area contributed by atoms with Gasteiger partial charge in [-0.05, 0) is 24.0 Å². The molecule has 0 aromatic rings. The van der Waals surface area contributed by atoms with Crippen LogP contribution in [-0.4, -0.2) is 11.9 Å². The first-order valence-electron chi connectivity index (χ1n) is 3.51. The van der Waals surface area contributed by atoms with Crippen molar-refractivity contribution in [3.8, 4) is 0 Å². The number of carboxylic acid groups (broad SMARTS) is 2. The molecule has 0 fully saturated rings. The Morgan fingerprint density at radius 2 is 1.36 bits per heavy atom. The Morgan fingerprint density at radius 1 is 1.00 bits per heavy atom. The quantitative estimate of drug-likeness (QED) is 0.346. The fraction of sp³-hybridized carbons (Fsp3) is 0.500. The van der Waals surface area contributed by atoms with Crippen LogP contribution in [0.15, 0.2) is 11.1 Å². The molecule has 0 radical (unpaired) electrons. The Morgan fingerprint density at radius 3 is 1.43 bits per heavy atom. The molecule has 0 spiro atoms. The van der Waals surface area contributed by atoms with Gasteiger partial charge in [-0.25, -0.2) is 0 Å². The van der Waals surface area contributed by atoms with E-state index in [9.17, 15) is 19.8 Å². The number of rotatable bonds is 3. The van der Waals surface area contributed by atoms with Crippen LogP contribution in [0.4, 0.5) is 0 Å². The molecular weight excluding hydrogens is 206 g/mol. The van der Waals surface area contributed by atoms with Gasteiger partial charge in [0.2, 0.25) is 0 Å². The predicted octanol–water partition coefficient (Wildman–Crippen LogP) is -7.53. The van der Waals surface area contributed by atoms with Crippen LogP contribution in [0.2, 0.25) is 0 Å². The third kappa shape index (κ3) is 6.22. The topological polar surface area (TPSA) is 80.3 Å². The van der Waals surface area contributed by atoms with Gasteiger partial charge >= 0.3 is 59.1 Å². The molecule has 6 heteroatoms. The maximum atomic E-state index is 10.4. The van der Waals surface area contributed by atoms with Gasteiger partial charge in [0, 0.05) is 0 Å². The number of aliphatic carboxylic acids is 2. The third-order valence-electron chi connectivity index (χ3n) is 1.51. The molecule has 0 aliphatic heterocycles. The SMILES string of the molecule is CC(C(=O)[O-])=C(C(=O)[O-])C(C)C.[Na+].[Na+]. The fourth-order valence-electron chi connectivity index (χ4n) is 0.932. The summed E-state index contributed by atoms with van der Waals surface area (Å²) in [7, 11) is 0.